The number of nitrogens with zero attached hydrogens (tertiary/aromatic N) is 2. The first-order valence-electron chi connectivity index (χ1n) is 5.36. The van der Waals surface area contributed by atoms with Crippen molar-refractivity contribution in [3.63, 3.8) is 0 Å². The summed E-state index contributed by atoms with van der Waals surface area (Å²) < 4.78 is 1.95. The highest BCUT2D eigenvalue weighted by molar-refractivity contribution is 6.31. The van der Waals surface area contributed by atoms with Crippen molar-refractivity contribution in [1.29, 1.82) is 0 Å². The van der Waals surface area contributed by atoms with Gasteiger partial charge in [0.05, 0.1) is 11.5 Å². The minimum atomic E-state index is -0.427. The molecule has 0 aliphatic heterocycles. The van der Waals surface area contributed by atoms with E-state index >= 15 is 0 Å². The maximum Gasteiger partial charge on any atom is 0.292 e. The maximum atomic E-state index is 10.9. The zero-order valence-electron chi connectivity index (χ0n) is 9.76. The van der Waals surface area contributed by atoms with Crippen LogP contribution in [0.1, 0.15) is 5.69 Å². The van der Waals surface area contributed by atoms with Gasteiger partial charge in [0.2, 0.25) is 0 Å². The quantitative estimate of drug-likeness (QED) is 0.682. The largest absolute Gasteiger partial charge is 0.374 e. The van der Waals surface area contributed by atoms with Crippen molar-refractivity contribution >= 4 is 23.0 Å². The molecule has 0 spiro atoms. The Bertz CT molecular complexity index is 580. The maximum absolute atomic E-state index is 10.9. The summed E-state index contributed by atoms with van der Waals surface area (Å²) in [4.78, 5) is 10.5. The molecule has 0 saturated heterocycles. The molecule has 1 aromatic heterocycles. The number of halogens is 1. The van der Waals surface area contributed by atoms with E-state index in [4.69, 9.17) is 11.6 Å². The van der Waals surface area contributed by atoms with Gasteiger partial charge in [-0.25, -0.2) is 0 Å². The van der Waals surface area contributed by atoms with Crippen LogP contribution in [0.15, 0.2) is 36.5 Å². The number of aryl methyl sites for hydroxylation is 1. The van der Waals surface area contributed by atoms with E-state index in [1.165, 1.54) is 12.1 Å². The van der Waals surface area contributed by atoms with Crippen molar-refractivity contribution in [2.75, 3.05) is 5.32 Å². The average molecular weight is 266 g/mol. The van der Waals surface area contributed by atoms with Gasteiger partial charge in [-0.2, -0.15) is 0 Å². The molecule has 0 fully saturated rings. The van der Waals surface area contributed by atoms with Gasteiger partial charge in [-0.1, -0.05) is 11.6 Å². The van der Waals surface area contributed by atoms with Crippen molar-refractivity contribution in [1.82, 2.24) is 4.57 Å². The van der Waals surface area contributed by atoms with Crippen LogP contribution in [-0.2, 0) is 13.6 Å². The van der Waals surface area contributed by atoms with E-state index in [1.807, 2.05) is 29.9 Å². The zero-order valence-corrected chi connectivity index (χ0v) is 10.5. The molecule has 0 aliphatic rings. The Morgan fingerprint density at radius 1 is 1.44 bits per heavy atom. The van der Waals surface area contributed by atoms with E-state index in [0.29, 0.717) is 17.3 Å². The molecule has 0 atom stereocenters. The Balaban J connectivity index is 2.20. The second kappa shape index (κ2) is 5.10. The fraction of sp³-hybridized carbons (Fsp3) is 0.167. The topological polar surface area (TPSA) is 60.1 Å². The van der Waals surface area contributed by atoms with Gasteiger partial charge in [-0.05, 0) is 24.3 Å². The number of aromatic nitrogens is 1. The predicted molar refractivity (Wildman–Crippen MR) is 70.8 cm³/mol. The molecule has 94 valence electrons. The van der Waals surface area contributed by atoms with Gasteiger partial charge < -0.3 is 9.88 Å². The first-order valence-corrected chi connectivity index (χ1v) is 5.74. The second-order valence-corrected chi connectivity index (χ2v) is 4.32. The molecule has 2 rings (SSSR count). The first kappa shape index (κ1) is 12.4. The van der Waals surface area contributed by atoms with Gasteiger partial charge in [0.1, 0.15) is 5.69 Å². The van der Waals surface area contributed by atoms with E-state index < -0.39 is 4.92 Å². The highest BCUT2D eigenvalue weighted by Crippen LogP contribution is 2.27. The highest BCUT2D eigenvalue weighted by atomic mass is 35.5. The number of nitro benzene ring substituents is 1. The third-order valence-corrected chi connectivity index (χ3v) is 2.90. The Morgan fingerprint density at radius 3 is 2.83 bits per heavy atom. The lowest BCUT2D eigenvalue weighted by Gasteiger charge is -2.08. The van der Waals surface area contributed by atoms with E-state index in [1.54, 1.807) is 6.07 Å². The van der Waals surface area contributed by atoms with E-state index in [-0.39, 0.29) is 5.69 Å². The Hall–Kier alpha value is -2.01. The van der Waals surface area contributed by atoms with Crippen molar-refractivity contribution in [3.8, 4) is 0 Å². The molecule has 2 aromatic rings. The standard InChI is InChI=1S/C12H12ClN3O2/c1-15-6-2-3-10(15)8-14-11-7-9(13)4-5-12(11)16(17)18/h2-7,14H,8H2,1H3. The summed E-state index contributed by atoms with van der Waals surface area (Å²) >= 11 is 5.85. The van der Waals surface area contributed by atoms with Crippen LogP contribution in [0.4, 0.5) is 11.4 Å². The molecule has 0 bridgehead atoms. The number of rotatable bonds is 4. The Labute approximate surface area is 109 Å². The fourth-order valence-corrected chi connectivity index (χ4v) is 1.85. The number of nitrogens with one attached hydrogen (secondary N) is 1. The number of nitro groups is 1. The molecule has 5 nitrogen and oxygen atoms in total. The lowest BCUT2D eigenvalue weighted by molar-refractivity contribution is -0.384. The molecule has 1 aromatic carbocycles. The van der Waals surface area contributed by atoms with Gasteiger partial charge in [-0.15, -0.1) is 0 Å². The molecule has 18 heavy (non-hydrogen) atoms. The monoisotopic (exact) mass is 265 g/mol. The van der Waals surface area contributed by atoms with E-state index in [0.717, 1.165) is 5.69 Å². The molecule has 0 amide bonds. The lowest BCUT2D eigenvalue weighted by Crippen LogP contribution is -2.05. The molecule has 0 unspecified atom stereocenters. The summed E-state index contributed by atoms with van der Waals surface area (Å²) in [5.41, 5.74) is 1.48. The van der Waals surface area contributed by atoms with Crippen LogP contribution < -0.4 is 5.32 Å². The average Bonchev–Trinajstić information content (AvgIpc) is 2.72. The Kier molecular flexibility index (Phi) is 3.53. The molecular formula is C12H12ClN3O2. The summed E-state index contributed by atoms with van der Waals surface area (Å²) in [5.74, 6) is 0. The summed E-state index contributed by atoms with van der Waals surface area (Å²) in [6.45, 7) is 0.505. The smallest absolute Gasteiger partial charge is 0.292 e. The second-order valence-electron chi connectivity index (χ2n) is 3.88. The van der Waals surface area contributed by atoms with Crippen molar-refractivity contribution in [2.24, 2.45) is 7.05 Å². The molecule has 1 N–H and O–H groups in total. The summed E-state index contributed by atoms with van der Waals surface area (Å²) in [6, 6.07) is 8.33. The molecule has 0 radical (unpaired) electrons. The Morgan fingerprint density at radius 2 is 2.22 bits per heavy atom. The molecule has 6 heteroatoms. The number of hydrogen-bond donors (Lipinski definition) is 1. The van der Waals surface area contributed by atoms with Crippen LogP contribution in [0, 0.1) is 10.1 Å². The number of anilines is 1. The number of benzene rings is 1. The van der Waals surface area contributed by atoms with Gasteiger partial charge >= 0.3 is 0 Å². The van der Waals surface area contributed by atoms with E-state index in [9.17, 15) is 10.1 Å². The van der Waals surface area contributed by atoms with Crippen molar-refractivity contribution < 1.29 is 4.92 Å². The minimum absolute atomic E-state index is 0.0219. The van der Waals surface area contributed by atoms with Crippen LogP contribution in [0.25, 0.3) is 0 Å². The number of hydrogen-bond acceptors (Lipinski definition) is 3. The van der Waals surface area contributed by atoms with Crippen LogP contribution in [-0.4, -0.2) is 9.49 Å². The van der Waals surface area contributed by atoms with Crippen molar-refractivity contribution in [3.05, 3.63) is 57.4 Å². The van der Waals surface area contributed by atoms with Crippen LogP contribution in [0.5, 0.6) is 0 Å². The lowest BCUT2D eigenvalue weighted by atomic mass is 10.2. The first-order chi connectivity index (χ1) is 8.58. The molecule has 0 saturated carbocycles. The van der Waals surface area contributed by atoms with Gasteiger partial charge in [0, 0.05) is 30.0 Å². The summed E-state index contributed by atoms with van der Waals surface area (Å²) in [6.07, 6.45) is 1.92. The summed E-state index contributed by atoms with van der Waals surface area (Å²) in [5, 5.41) is 14.4. The third kappa shape index (κ3) is 2.62. The molecule has 0 aliphatic carbocycles. The van der Waals surface area contributed by atoms with E-state index in [2.05, 4.69) is 5.32 Å². The van der Waals surface area contributed by atoms with Crippen molar-refractivity contribution in [2.45, 2.75) is 6.54 Å². The zero-order chi connectivity index (χ0) is 13.1. The normalized spacial score (nSPS) is 10.3. The van der Waals surface area contributed by atoms with Crippen LogP contribution >= 0.6 is 11.6 Å². The fourth-order valence-electron chi connectivity index (χ4n) is 1.67. The highest BCUT2D eigenvalue weighted by Gasteiger charge is 2.13. The summed E-state index contributed by atoms with van der Waals surface area (Å²) in [7, 11) is 1.92. The SMILES string of the molecule is Cn1cccc1CNc1cc(Cl)ccc1[N+](=O)[O-]. The van der Waals surface area contributed by atoms with Crippen LogP contribution in [0.2, 0.25) is 5.02 Å². The van der Waals surface area contributed by atoms with Gasteiger partial charge in [-0.3, -0.25) is 10.1 Å². The van der Waals surface area contributed by atoms with Gasteiger partial charge in [0.25, 0.3) is 5.69 Å². The minimum Gasteiger partial charge on any atom is -0.374 e. The predicted octanol–water partition coefficient (Wildman–Crippen LogP) is 3.20. The van der Waals surface area contributed by atoms with Gasteiger partial charge in [0.15, 0.2) is 0 Å². The third-order valence-electron chi connectivity index (χ3n) is 2.67. The van der Waals surface area contributed by atoms with Crippen LogP contribution in [0.3, 0.4) is 0 Å². The molecular weight excluding hydrogens is 254 g/mol. The molecule has 1 heterocycles.